The zero-order chi connectivity index (χ0) is 23.0. The molecule has 32 heavy (non-hydrogen) atoms. The Bertz CT molecular complexity index is 614. The molecule has 0 amide bonds. The standard InChI is InChI=1S/C28H45BrF2O/c1-2-3-11-14-23-15-17-24(18-16-23)25-19-20-26(28(31)27(25)30)32-22-13-10-8-6-4-5-7-9-12-21-29/h19-20,23-24H,2-18,21-22H2,1H3. The van der Waals surface area contributed by atoms with Crippen LogP contribution in [0.2, 0.25) is 0 Å². The Morgan fingerprint density at radius 2 is 1.41 bits per heavy atom. The topological polar surface area (TPSA) is 9.23 Å². The van der Waals surface area contributed by atoms with E-state index in [1.165, 1.54) is 70.6 Å². The largest absolute Gasteiger partial charge is 0.490 e. The molecule has 184 valence electrons. The fourth-order valence-electron chi connectivity index (χ4n) is 5.03. The van der Waals surface area contributed by atoms with Gasteiger partial charge in [0.1, 0.15) is 0 Å². The predicted octanol–water partition coefficient (Wildman–Crippen LogP) is 10.1. The second kappa shape index (κ2) is 16.9. The Kier molecular flexibility index (Phi) is 14.6. The lowest BCUT2D eigenvalue weighted by molar-refractivity contribution is 0.279. The smallest absolute Gasteiger partial charge is 0.200 e. The zero-order valence-corrected chi connectivity index (χ0v) is 21.9. The Hall–Kier alpha value is -0.640. The third-order valence-electron chi connectivity index (χ3n) is 7.11. The van der Waals surface area contributed by atoms with Gasteiger partial charge in [0.2, 0.25) is 5.82 Å². The molecule has 1 aromatic rings. The summed E-state index contributed by atoms with van der Waals surface area (Å²) in [6.07, 6.45) is 20.4. The molecule has 1 fully saturated rings. The Balaban J connectivity index is 1.64. The van der Waals surface area contributed by atoms with E-state index in [0.29, 0.717) is 12.2 Å². The van der Waals surface area contributed by atoms with Gasteiger partial charge in [-0.3, -0.25) is 0 Å². The first-order chi connectivity index (χ1) is 15.7. The van der Waals surface area contributed by atoms with Crippen LogP contribution in [-0.4, -0.2) is 11.9 Å². The first kappa shape index (κ1) is 27.6. The van der Waals surface area contributed by atoms with Gasteiger partial charge in [-0.25, -0.2) is 4.39 Å². The quantitative estimate of drug-likeness (QED) is 0.148. The lowest BCUT2D eigenvalue weighted by Crippen LogP contribution is -2.15. The second-order valence-electron chi connectivity index (χ2n) is 9.71. The molecule has 4 heteroatoms. The zero-order valence-electron chi connectivity index (χ0n) is 20.3. The van der Waals surface area contributed by atoms with Crippen molar-refractivity contribution in [3.8, 4) is 5.75 Å². The van der Waals surface area contributed by atoms with E-state index in [0.717, 1.165) is 49.8 Å². The van der Waals surface area contributed by atoms with Crippen molar-refractivity contribution in [1.29, 1.82) is 0 Å². The van der Waals surface area contributed by atoms with Crippen LogP contribution in [0.5, 0.6) is 5.75 Å². The summed E-state index contributed by atoms with van der Waals surface area (Å²) < 4.78 is 34.9. The molecule has 0 N–H and O–H groups in total. The highest BCUT2D eigenvalue weighted by Gasteiger charge is 2.26. The molecule has 1 aromatic carbocycles. The van der Waals surface area contributed by atoms with Gasteiger partial charge in [0, 0.05) is 5.33 Å². The Labute approximate surface area is 204 Å². The van der Waals surface area contributed by atoms with Crippen molar-refractivity contribution in [2.75, 3.05) is 11.9 Å². The highest BCUT2D eigenvalue weighted by Crippen LogP contribution is 2.40. The van der Waals surface area contributed by atoms with Crippen LogP contribution in [0.3, 0.4) is 0 Å². The summed E-state index contributed by atoms with van der Waals surface area (Å²) in [6, 6.07) is 3.42. The van der Waals surface area contributed by atoms with E-state index in [4.69, 9.17) is 4.74 Å². The van der Waals surface area contributed by atoms with Gasteiger partial charge in [-0.2, -0.15) is 4.39 Å². The van der Waals surface area contributed by atoms with Crippen molar-refractivity contribution in [2.45, 2.75) is 122 Å². The molecule has 0 saturated heterocycles. The summed E-state index contributed by atoms with van der Waals surface area (Å²) >= 11 is 3.47. The number of hydrogen-bond donors (Lipinski definition) is 0. The fourth-order valence-corrected chi connectivity index (χ4v) is 5.43. The van der Waals surface area contributed by atoms with Gasteiger partial charge in [-0.15, -0.1) is 0 Å². The number of rotatable bonds is 17. The van der Waals surface area contributed by atoms with Crippen molar-refractivity contribution in [3.05, 3.63) is 29.3 Å². The minimum Gasteiger partial charge on any atom is -0.490 e. The van der Waals surface area contributed by atoms with E-state index in [1.807, 2.05) is 0 Å². The van der Waals surface area contributed by atoms with Crippen molar-refractivity contribution in [1.82, 2.24) is 0 Å². The predicted molar refractivity (Wildman–Crippen MR) is 136 cm³/mol. The van der Waals surface area contributed by atoms with Gasteiger partial charge >= 0.3 is 0 Å². The van der Waals surface area contributed by atoms with Crippen LogP contribution in [-0.2, 0) is 0 Å². The van der Waals surface area contributed by atoms with Gasteiger partial charge in [-0.05, 0) is 62.0 Å². The molecule has 0 atom stereocenters. The summed E-state index contributed by atoms with van der Waals surface area (Å²) in [6.45, 7) is 2.70. The highest BCUT2D eigenvalue weighted by atomic mass is 79.9. The van der Waals surface area contributed by atoms with E-state index in [1.54, 1.807) is 12.1 Å². The Morgan fingerprint density at radius 3 is 2.03 bits per heavy atom. The van der Waals surface area contributed by atoms with Crippen molar-refractivity contribution in [2.24, 2.45) is 5.92 Å². The van der Waals surface area contributed by atoms with Crippen molar-refractivity contribution >= 4 is 15.9 Å². The molecule has 1 aliphatic carbocycles. The monoisotopic (exact) mass is 514 g/mol. The fraction of sp³-hybridized carbons (Fsp3) is 0.786. The van der Waals surface area contributed by atoms with Crippen LogP contribution >= 0.6 is 15.9 Å². The maximum absolute atomic E-state index is 14.8. The molecule has 2 rings (SSSR count). The number of alkyl halides is 1. The van der Waals surface area contributed by atoms with Crippen LogP contribution in [0.4, 0.5) is 8.78 Å². The van der Waals surface area contributed by atoms with Gasteiger partial charge in [0.05, 0.1) is 6.61 Å². The molecular weight excluding hydrogens is 470 g/mol. The third-order valence-corrected chi connectivity index (χ3v) is 7.68. The minimum atomic E-state index is -0.795. The number of halogens is 3. The number of ether oxygens (including phenoxy) is 1. The summed E-state index contributed by atoms with van der Waals surface area (Å²) in [5.41, 5.74) is 0.554. The lowest BCUT2D eigenvalue weighted by Gasteiger charge is -2.29. The van der Waals surface area contributed by atoms with Crippen LogP contribution in [0.25, 0.3) is 0 Å². The molecule has 1 saturated carbocycles. The minimum absolute atomic E-state index is 0.0753. The SMILES string of the molecule is CCCCCC1CCC(c2ccc(OCCCCCCCCCCCBr)c(F)c2F)CC1. The van der Waals surface area contributed by atoms with E-state index in [2.05, 4.69) is 22.9 Å². The van der Waals surface area contributed by atoms with E-state index >= 15 is 0 Å². The van der Waals surface area contributed by atoms with Gasteiger partial charge in [0.15, 0.2) is 11.6 Å². The van der Waals surface area contributed by atoms with Gasteiger partial charge < -0.3 is 4.74 Å². The Morgan fingerprint density at radius 1 is 0.781 bits per heavy atom. The van der Waals surface area contributed by atoms with Crippen LogP contribution in [0.1, 0.15) is 128 Å². The molecule has 1 aliphatic rings. The molecule has 0 aliphatic heterocycles. The van der Waals surface area contributed by atoms with Crippen LogP contribution in [0, 0.1) is 17.6 Å². The summed E-state index contributed by atoms with van der Waals surface area (Å²) in [7, 11) is 0. The van der Waals surface area contributed by atoms with Gasteiger partial charge in [0.25, 0.3) is 0 Å². The maximum Gasteiger partial charge on any atom is 0.200 e. The highest BCUT2D eigenvalue weighted by molar-refractivity contribution is 9.09. The van der Waals surface area contributed by atoms with Gasteiger partial charge in [-0.1, -0.05) is 99.5 Å². The first-order valence-electron chi connectivity index (χ1n) is 13.3. The molecule has 0 radical (unpaired) electrons. The third kappa shape index (κ3) is 10.1. The average Bonchev–Trinajstić information content (AvgIpc) is 2.81. The molecule has 0 unspecified atom stereocenters. The van der Waals surface area contributed by atoms with E-state index in [-0.39, 0.29) is 11.7 Å². The van der Waals surface area contributed by atoms with Crippen LogP contribution in [0.15, 0.2) is 12.1 Å². The summed E-state index contributed by atoms with van der Waals surface area (Å²) in [4.78, 5) is 0. The molecule has 1 nitrogen and oxygen atoms in total. The lowest BCUT2D eigenvalue weighted by atomic mass is 9.77. The molecule has 0 spiro atoms. The normalized spacial score (nSPS) is 18.8. The molecular formula is C28H45BrF2O. The molecule has 0 aromatic heterocycles. The number of hydrogen-bond acceptors (Lipinski definition) is 1. The maximum atomic E-state index is 14.8. The average molecular weight is 516 g/mol. The second-order valence-corrected chi connectivity index (χ2v) is 10.5. The first-order valence-corrected chi connectivity index (χ1v) is 14.5. The van der Waals surface area contributed by atoms with Crippen molar-refractivity contribution in [3.63, 3.8) is 0 Å². The van der Waals surface area contributed by atoms with E-state index in [9.17, 15) is 8.78 Å². The molecule has 0 heterocycles. The number of unbranched alkanes of at least 4 members (excludes halogenated alkanes) is 10. The number of benzene rings is 1. The summed E-state index contributed by atoms with van der Waals surface area (Å²) in [5, 5.41) is 1.11. The van der Waals surface area contributed by atoms with Crippen LogP contribution < -0.4 is 4.74 Å². The molecule has 0 bridgehead atoms. The summed E-state index contributed by atoms with van der Waals surface area (Å²) in [5.74, 6) is -0.479. The van der Waals surface area contributed by atoms with Crippen molar-refractivity contribution < 1.29 is 13.5 Å². The van der Waals surface area contributed by atoms with E-state index < -0.39 is 11.6 Å².